The van der Waals surface area contributed by atoms with Crippen molar-refractivity contribution >= 4 is 28.8 Å². The maximum atomic E-state index is 11.6. The Hall–Kier alpha value is -1.65. The molecule has 0 aliphatic rings. The van der Waals surface area contributed by atoms with Crippen molar-refractivity contribution in [3.05, 3.63) is 53.0 Å². The van der Waals surface area contributed by atoms with E-state index in [2.05, 4.69) is 16.9 Å². The van der Waals surface area contributed by atoms with E-state index in [0.29, 0.717) is 11.6 Å². The fraction of sp³-hybridized carbons (Fsp3) is 0.143. The number of amides is 1. The van der Waals surface area contributed by atoms with Crippen LogP contribution in [0.5, 0.6) is 0 Å². The molecule has 1 N–H and O–H groups in total. The van der Waals surface area contributed by atoms with Gasteiger partial charge < -0.3 is 5.32 Å². The lowest BCUT2D eigenvalue weighted by atomic mass is 10.2. The smallest absolute Gasteiger partial charge is 0.226 e. The fourth-order valence-electron chi connectivity index (χ4n) is 1.56. The summed E-state index contributed by atoms with van der Waals surface area (Å²) in [6.45, 7) is 4.03. The third-order valence-corrected chi connectivity index (χ3v) is 3.58. The Kier molecular flexibility index (Phi) is 4.71. The molecule has 3 nitrogen and oxygen atoms in total. The van der Waals surface area contributed by atoms with Gasteiger partial charge in [0.15, 0.2) is 0 Å². The zero-order valence-electron chi connectivity index (χ0n) is 10.2. The highest BCUT2D eigenvalue weighted by Crippen LogP contribution is 2.26. The number of halogens is 1. The molecule has 0 aliphatic carbocycles. The first-order valence-corrected chi connectivity index (χ1v) is 7.02. The third-order valence-electron chi connectivity index (χ3n) is 2.41. The first-order valence-electron chi connectivity index (χ1n) is 5.77. The van der Waals surface area contributed by atoms with Gasteiger partial charge in [-0.1, -0.05) is 29.8 Å². The highest BCUT2D eigenvalue weighted by molar-refractivity contribution is 7.13. The molecule has 0 radical (unpaired) electrons. The van der Waals surface area contributed by atoms with Gasteiger partial charge in [0.2, 0.25) is 5.91 Å². The first kappa shape index (κ1) is 13.8. The van der Waals surface area contributed by atoms with E-state index >= 15 is 0 Å². The molecule has 1 aromatic carbocycles. The number of hydrogen-bond acceptors (Lipinski definition) is 3. The number of hydrogen-bond donors (Lipinski definition) is 1. The van der Waals surface area contributed by atoms with Crippen molar-refractivity contribution in [1.82, 2.24) is 10.3 Å². The van der Waals surface area contributed by atoms with Crippen LogP contribution in [0.2, 0.25) is 5.02 Å². The van der Waals surface area contributed by atoms with Gasteiger partial charge in [-0.3, -0.25) is 4.79 Å². The van der Waals surface area contributed by atoms with E-state index in [9.17, 15) is 4.79 Å². The number of nitrogens with one attached hydrogen (secondary N) is 1. The van der Waals surface area contributed by atoms with Crippen LogP contribution in [0.25, 0.3) is 10.6 Å². The number of benzene rings is 1. The zero-order valence-corrected chi connectivity index (χ0v) is 11.8. The molecule has 2 rings (SSSR count). The molecule has 1 heterocycles. The van der Waals surface area contributed by atoms with Gasteiger partial charge in [-0.05, 0) is 12.1 Å². The minimum atomic E-state index is -0.0529. The Labute approximate surface area is 120 Å². The van der Waals surface area contributed by atoms with E-state index in [4.69, 9.17) is 11.6 Å². The van der Waals surface area contributed by atoms with Crippen LogP contribution in [0.15, 0.2) is 42.3 Å². The van der Waals surface area contributed by atoms with Crippen molar-refractivity contribution in [2.75, 3.05) is 6.54 Å². The van der Waals surface area contributed by atoms with Gasteiger partial charge in [0, 0.05) is 22.5 Å². The zero-order chi connectivity index (χ0) is 13.7. The first-order chi connectivity index (χ1) is 9.19. The highest BCUT2D eigenvalue weighted by Gasteiger charge is 2.08. The monoisotopic (exact) mass is 292 g/mol. The van der Waals surface area contributed by atoms with E-state index in [0.717, 1.165) is 16.3 Å². The predicted molar refractivity (Wildman–Crippen MR) is 79.5 cm³/mol. The summed E-state index contributed by atoms with van der Waals surface area (Å²) in [6, 6.07) is 7.52. The molecule has 0 aliphatic heterocycles. The number of thiazole rings is 1. The van der Waals surface area contributed by atoms with Crippen LogP contribution in [0.1, 0.15) is 5.69 Å². The number of carbonyl (C=O) groups excluding carboxylic acids is 1. The number of nitrogens with zero attached hydrogens (tertiary/aromatic N) is 1. The average Bonchev–Trinajstić information content (AvgIpc) is 2.85. The maximum Gasteiger partial charge on any atom is 0.226 e. The molecule has 1 aromatic heterocycles. The van der Waals surface area contributed by atoms with Crippen molar-refractivity contribution in [3.63, 3.8) is 0 Å². The molecule has 0 saturated carbocycles. The SMILES string of the molecule is C=CCNC(=O)Cc1csc(-c2cccc(Cl)c2)n1. The second kappa shape index (κ2) is 6.50. The molecule has 0 saturated heterocycles. The van der Waals surface area contributed by atoms with E-state index in [1.165, 1.54) is 11.3 Å². The van der Waals surface area contributed by atoms with E-state index in [-0.39, 0.29) is 12.3 Å². The lowest BCUT2D eigenvalue weighted by Gasteiger charge is -1.99. The molecular formula is C14H13ClN2OS. The van der Waals surface area contributed by atoms with Crippen LogP contribution in [0.3, 0.4) is 0 Å². The van der Waals surface area contributed by atoms with E-state index in [1.807, 2.05) is 29.6 Å². The van der Waals surface area contributed by atoms with Gasteiger partial charge >= 0.3 is 0 Å². The molecular weight excluding hydrogens is 280 g/mol. The van der Waals surface area contributed by atoms with Gasteiger partial charge in [-0.2, -0.15) is 0 Å². The summed E-state index contributed by atoms with van der Waals surface area (Å²) in [4.78, 5) is 16.0. The Morgan fingerprint density at radius 3 is 3.11 bits per heavy atom. The summed E-state index contributed by atoms with van der Waals surface area (Å²) in [5.74, 6) is -0.0529. The van der Waals surface area contributed by atoms with E-state index < -0.39 is 0 Å². The molecule has 2 aromatic rings. The minimum Gasteiger partial charge on any atom is -0.352 e. The molecule has 5 heteroatoms. The van der Waals surface area contributed by atoms with E-state index in [1.54, 1.807) is 6.08 Å². The molecule has 0 unspecified atom stereocenters. The van der Waals surface area contributed by atoms with Crippen LogP contribution < -0.4 is 5.32 Å². The van der Waals surface area contributed by atoms with Crippen molar-refractivity contribution in [1.29, 1.82) is 0 Å². The van der Waals surface area contributed by atoms with Gasteiger partial charge in [-0.15, -0.1) is 17.9 Å². The lowest BCUT2D eigenvalue weighted by molar-refractivity contribution is -0.120. The van der Waals surface area contributed by atoms with Crippen LogP contribution in [0, 0.1) is 0 Å². The van der Waals surface area contributed by atoms with Gasteiger partial charge in [0.25, 0.3) is 0 Å². The quantitative estimate of drug-likeness (QED) is 0.859. The topological polar surface area (TPSA) is 42.0 Å². The van der Waals surface area contributed by atoms with Crippen molar-refractivity contribution in [3.8, 4) is 10.6 Å². The summed E-state index contributed by atoms with van der Waals surface area (Å²) in [5, 5.41) is 6.17. The van der Waals surface area contributed by atoms with Crippen LogP contribution in [-0.4, -0.2) is 17.4 Å². The number of rotatable bonds is 5. The highest BCUT2D eigenvalue weighted by atomic mass is 35.5. The predicted octanol–water partition coefficient (Wildman–Crippen LogP) is 3.31. The average molecular weight is 293 g/mol. The fourth-order valence-corrected chi connectivity index (χ4v) is 2.56. The summed E-state index contributed by atoms with van der Waals surface area (Å²) in [6.07, 6.45) is 1.93. The summed E-state index contributed by atoms with van der Waals surface area (Å²) < 4.78 is 0. The Bertz CT molecular complexity index is 595. The summed E-state index contributed by atoms with van der Waals surface area (Å²) in [7, 11) is 0. The molecule has 0 fully saturated rings. The Balaban J connectivity index is 2.07. The normalized spacial score (nSPS) is 10.2. The second-order valence-electron chi connectivity index (χ2n) is 3.92. The van der Waals surface area contributed by atoms with Gasteiger partial charge in [0.1, 0.15) is 5.01 Å². The maximum absolute atomic E-state index is 11.6. The standard InChI is InChI=1S/C14H13ClN2OS/c1-2-6-16-13(18)8-12-9-19-14(17-12)10-4-3-5-11(15)7-10/h2-5,7,9H,1,6,8H2,(H,16,18). The molecule has 0 spiro atoms. The van der Waals surface area contributed by atoms with Gasteiger partial charge in [-0.25, -0.2) is 4.98 Å². The number of aromatic nitrogens is 1. The van der Waals surface area contributed by atoms with Gasteiger partial charge in [0.05, 0.1) is 12.1 Å². The third kappa shape index (κ3) is 3.91. The molecule has 0 bridgehead atoms. The Morgan fingerprint density at radius 2 is 2.37 bits per heavy atom. The van der Waals surface area contributed by atoms with Crippen molar-refractivity contribution < 1.29 is 4.79 Å². The molecule has 19 heavy (non-hydrogen) atoms. The van der Waals surface area contributed by atoms with Crippen molar-refractivity contribution in [2.24, 2.45) is 0 Å². The number of carbonyl (C=O) groups is 1. The molecule has 98 valence electrons. The van der Waals surface area contributed by atoms with Crippen LogP contribution in [0.4, 0.5) is 0 Å². The second-order valence-corrected chi connectivity index (χ2v) is 5.22. The largest absolute Gasteiger partial charge is 0.352 e. The molecule has 1 amide bonds. The van der Waals surface area contributed by atoms with Crippen molar-refractivity contribution in [2.45, 2.75) is 6.42 Å². The minimum absolute atomic E-state index is 0.0529. The summed E-state index contributed by atoms with van der Waals surface area (Å²) >= 11 is 7.45. The lowest BCUT2D eigenvalue weighted by Crippen LogP contribution is -2.25. The van der Waals surface area contributed by atoms with Crippen LogP contribution >= 0.6 is 22.9 Å². The van der Waals surface area contributed by atoms with Crippen LogP contribution in [-0.2, 0) is 11.2 Å². The summed E-state index contributed by atoms with van der Waals surface area (Å²) in [5.41, 5.74) is 1.73. The Morgan fingerprint density at radius 1 is 1.53 bits per heavy atom. The molecule has 0 atom stereocenters.